The number of nitrogens with one attached hydrogen (secondary N) is 1. The van der Waals surface area contributed by atoms with Gasteiger partial charge in [0.05, 0.1) is 16.0 Å². The maximum absolute atomic E-state index is 13.4. The average Bonchev–Trinajstić information content (AvgIpc) is 2.78. The van der Waals surface area contributed by atoms with Gasteiger partial charge in [0.2, 0.25) is 10.0 Å². The van der Waals surface area contributed by atoms with Crippen LogP contribution in [-0.4, -0.2) is 49.4 Å². The highest BCUT2D eigenvalue weighted by Crippen LogP contribution is 2.36. The number of alkyl halides is 6. The van der Waals surface area contributed by atoms with Crippen LogP contribution >= 0.6 is 0 Å². The number of amides is 1. The molecule has 0 aromatic heterocycles. The van der Waals surface area contributed by atoms with E-state index in [1.807, 2.05) is 0 Å². The Balaban J connectivity index is 1.73. The van der Waals surface area contributed by atoms with Crippen LogP contribution in [0.4, 0.5) is 26.3 Å². The number of hydrogen-bond donors (Lipinski definition) is 2. The molecule has 1 aliphatic heterocycles. The second-order valence-electron chi connectivity index (χ2n) is 7.36. The first-order valence-corrected chi connectivity index (χ1v) is 11.3. The molecule has 0 spiro atoms. The van der Waals surface area contributed by atoms with Crippen LogP contribution in [-0.2, 0) is 16.2 Å². The molecule has 8 nitrogen and oxygen atoms in total. The summed E-state index contributed by atoms with van der Waals surface area (Å²) in [5.74, 6) is -1.87. The number of carbonyl (C=O) groups is 1. The Labute approximate surface area is 195 Å². The lowest BCUT2D eigenvalue weighted by molar-refractivity contribution is -0.274. The SMILES string of the molecule is O=C(NO)c1c(C(F)(F)F)cccc1S(=O)(=O)N1CCC(Oc2ccc(OC(F)(F)F)cc2)CC1. The van der Waals surface area contributed by atoms with Gasteiger partial charge in [-0.25, -0.2) is 13.9 Å². The lowest BCUT2D eigenvalue weighted by atomic mass is 10.1. The Kier molecular flexibility index (Phi) is 7.52. The van der Waals surface area contributed by atoms with Crippen LogP contribution in [0.15, 0.2) is 47.4 Å². The fraction of sp³-hybridized carbons (Fsp3) is 0.350. The van der Waals surface area contributed by atoms with Crippen LogP contribution in [0.1, 0.15) is 28.8 Å². The number of hydrogen-bond acceptors (Lipinski definition) is 6. The topological polar surface area (TPSA) is 105 Å². The van der Waals surface area contributed by atoms with Gasteiger partial charge in [-0.05, 0) is 49.2 Å². The summed E-state index contributed by atoms with van der Waals surface area (Å²) in [5, 5.41) is 8.87. The molecule has 0 atom stereocenters. The Morgan fingerprint density at radius 3 is 2.06 bits per heavy atom. The molecule has 0 aliphatic carbocycles. The molecule has 0 bridgehead atoms. The first kappa shape index (κ1) is 26.6. The van der Waals surface area contributed by atoms with Gasteiger partial charge < -0.3 is 9.47 Å². The molecule has 15 heteroatoms. The molecule has 2 aromatic carbocycles. The summed E-state index contributed by atoms with van der Waals surface area (Å²) in [5.41, 5.74) is -1.71. The molecule has 3 rings (SSSR count). The second-order valence-corrected chi connectivity index (χ2v) is 9.26. The molecule has 1 saturated heterocycles. The quantitative estimate of drug-likeness (QED) is 0.334. The molecular weight excluding hydrogens is 510 g/mol. The van der Waals surface area contributed by atoms with E-state index in [-0.39, 0.29) is 31.7 Å². The van der Waals surface area contributed by atoms with E-state index in [0.29, 0.717) is 6.07 Å². The zero-order valence-corrected chi connectivity index (χ0v) is 18.4. The molecule has 1 heterocycles. The molecule has 35 heavy (non-hydrogen) atoms. The third kappa shape index (κ3) is 6.35. The van der Waals surface area contributed by atoms with E-state index in [0.717, 1.165) is 34.1 Å². The van der Waals surface area contributed by atoms with Crippen molar-refractivity contribution in [2.75, 3.05) is 13.1 Å². The minimum atomic E-state index is -5.06. The van der Waals surface area contributed by atoms with E-state index in [4.69, 9.17) is 9.94 Å². The van der Waals surface area contributed by atoms with Crippen molar-refractivity contribution in [2.24, 2.45) is 0 Å². The maximum Gasteiger partial charge on any atom is 0.573 e. The number of sulfonamides is 1. The number of ether oxygens (including phenoxy) is 2. The van der Waals surface area contributed by atoms with Crippen molar-refractivity contribution in [3.8, 4) is 11.5 Å². The van der Waals surface area contributed by atoms with Gasteiger partial charge in [0.1, 0.15) is 17.6 Å². The van der Waals surface area contributed by atoms with Gasteiger partial charge in [-0.3, -0.25) is 10.0 Å². The predicted octanol–water partition coefficient (Wildman–Crippen LogP) is 3.96. The van der Waals surface area contributed by atoms with Crippen molar-refractivity contribution < 1.29 is 54.2 Å². The van der Waals surface area contributed by atoms with E-state index in [1.54, 1.807) is 0 Å². The largest absolute Gasteiger partial charge is 0.573 e. The lowest BCUT2D eigenvalue weighted by Crippen LogP contribution is -2.42. The van der Waals surface area contributed by atoms with Crippen molar-refractivity contribution in [1.82, 2.24) is 9.79 Å². The Morgan fingerprint density at radius 2 is 1.54 bits per heavy atom. The maximum atomic E-state index is 13.4. The molecular formula is C20H18F6N2O6S. The van der Waals surface area contributed by atoms with Crippen molar-refractivity contribution in [1.29, 1.82) is 0 Å². The minimum absolute atomic E-state index is 0.112. The summed E-state index contributed by atoms with van der Waals surface area (Å²) in [4.78, 5) is 11.0. The Bertz CT molecular complexity index is 1160. The summed E-state index contributed by atoms with van der Waals surface area (Å²) >= 11 is 0. The van der Waals surface area contributed by atoms with Crippen molar-refractivity contribution in [3.05, 3.63) is 53.6 Å². The van der Waals surface area contributed by atoms with E-state index < -0.39 is 56.3 Å². The number of halogens is 6. The zero-order valence-electron chi connectivity index (χ0n) is 17.6. The van der Waals surface area contributed by atoms with Crippen LogP contribution < -0.4 is 15.0 Å². The van der Waals surface area contributed by atoms with E-state index in [2.05, 4.69) is 4.74 Å². The van der Waals surface area contributed by atoms with E-state index in [1.165, 1.54) is 12.1 Å². The number of piperidine rings is 1. The van der Waals surface area contributed by atoms with Gasteiger partial charge >= 0.3 is 12.5 Å². The number of hydroxylamine groups is 1. The Hall–Kier alpha value is -3.04. The first-order chi connectivity index (χ1) is 16.2. The lowest BCUT2D eigenvalue weighted by Gasteiger charge is -2.32. The van der Waals surface area contributed by atoms with Crippen molar-refractivity contribution in [3.63, 3.8) is 0 Å². The Morgan fingerprint density at radius 1 is 0.971 bits per heavy atom. The average molecular weight is 528 g/mol. The molecule has 0 unspecified atom stereocenters. The number of nitrogens with zero attached hydrogens (tertiary/aromatic N) is 1. The summed E-state index contributed by atoms with van der Waals surface area (Å²) in [6.45, 7) is -0.336. The van der Waals surface area contributed by atoms with Gasteiger partial charge in [-0.15, -0.1) is 13.2 Å². The summed E-state index contributed by atoms with van der Waals surface area (Å²) in [7, 11) is -4.57. The number of rotatable bonds is 6. The van der Waals surface area contributed by atoms with Crippen LogP contribution in [0.2, 0.25) is 0 Å². The third-order valence-corrected chi connectivity index (χ3v) is 6.98. The van der Waals surface area contributed by atoms with E-state index in [9.17, 15) is 39.6 Å². The predicted molar refractivity (Wildman–Crippen MR) is 106 cm³/mol. The van der Waals surface area contributed by atoms with Gasteiger partial charge in [0.25, 0.3) is 5.91 Å². The molecule has 1 fully saturated rings. The molecule has 2 N–H and O–H groups in total. The number of carbonyl (C=O) groups excluding carboxylic acids is 1. The van der Waals surface area contributed by atoms with E-state index >= 15 is 0 Å². The summed E-state index contributed by atoms with van der Waals surface area (Å²) in [6, 6.07) is 6.77. The second kappa shape index (κ2) is 9.91. The van der Waals surface area contributed by atoms with Crippen LogP contribution in [0.5, 0.6) is 11.5 Å². The minimum Gasteiger partial charge on any atom is -0.490 e. The van der Waals surface area contributed by atoms with Crippen LogP contribution in [0.3, 0.4) is 0 Å². The molecule has 0 saturated carbocycles. The normalized spacial score (nSPS) is 16.1. The summed E-state index contributed by atoms with van der Waals surface area (Å²) < 4.78 is 113. The summed E-state index contributed by atoms with van der Waals surface area (Å²) in [6.07, 6.45) is -10.2. The monoisotopic (exact) mass is 528 g/mol. The fourth-order valence-corrected chi connectivity index (χ4v) is 5.20. The highest BCUT2D eigenvalue weighted by molar-refractivity contribution is 7.89. The first-order valence-electron chi connectivity index (χ1n) is 9.89. The molecule has 2 aromatic rings. The van der Waals surface area contributed by atoms with Gasteiger partial charge in [-0.2, -0.15) is 17.5 Å². The highest BCUT2D eigenvalue weighted by atomic mass is 32.2. The van der Waals surface area contributed by atoms with Crippen molar-refractivity contribution >= 4 is 15.9 Å². The number of benzene rings is 2. The smallest absolute Gasteiger partial charge is 0.490 e. The fourth-order valence-electron chi connectivity index (χ4n) is 3.51. The standard InChI is InChI=1S/C20H18F6N2O6S/c21-19(22,23)15-2-1-3-16(17(15)18(29)27-30)35(31,32)28-10-8-13(9-11-28)33-12-4-6-14(7-5-12)34-20(24,25)26/h1-7,13,30H,8-11H2,(H,27,29). The van der Waals surface area contributed by atoms with Gasteiger partial charge in [0.15, 0.2) is 0 Å². The molecule has 1 aliphatic rings. The van der Waals surface area contributed by atoms with Crippen LogP contribution in [0.25, 0.3) is 0 Å². The molecule has 1 amide bonds. The highest BCUT2D eigenvalue weighted by Gasteiger charge is 2.40. The third-order valence-electron chi connectivity index (χ3n) is 5.04. The van der Waals surface area contributed by atoms with Gasteiger partial charge in [-0.1, -0.05) is 6.07 Å². The van der Waals surface area contributed by atoms with Crippen molar-refractivity contribution in [2.45, 2.75) is 36.4 Å². The van der Waals surface area contributed by atoms with Gasteiger partial charge in [0, 0.05) is 13.1 Å². The molecule has 0 radical (unpaired) electrons. The zero-order chi connectivity index (χ0) is 26.0. The van der Waals surface area contributed by atoms with Crippen LogP contribution in [0, 0.1) is 0 Å². The molecule has 192 valence electrons.